The van der Waals surface area contributed by atoms with Crippen LogP contribution in [-0.2, 0) is 20.2 Å². The average molecular weight is 433 g/mol. The number of anilines is 1. The third-order valence-corrected chi connectivity index (χ3v) is 6.29. The Balaban J connectivity index is 2.20. The van der Waals surface area contributed by atoms with Gasteiger partial charge in [-0.25, -0.2) is 8.42 Å². The molecule has 0 heterocycles. The molecule has 0 aliphatic rings. The van der Waals surface area contributed by atoms with Crippen molar-refractivity contribution in [3.05, 3.63) is 59.7 Å². The number of methoxy groups -OCH3 is 1. The Morgan fingerprint density at radius 2 is 1.53 bits per heavy atom. The summed E-state index contributed by atoms with van der Waals surface area (Å²) >= 11 is 0. The van der Waals surface area contributed by atoms with Crippen LogP contribution in [0.5, 0.6) is 5.75 Å². The molecule has 0 saturated carbocycles. The van der Waals surface area contributed by atoms with Gasteiger partial charge in [-0.2, -0.15) is 0 Å². The summed E-state index contributed by atoms with van der Waals surface area (Å²) < 4.78 is 31.1. The average Bonchev–Trinajstić information content (AvgIpc) is 2.66. The quantitative estimate of drug-likeness (QED) is 0.717. The molecule has 30 heavy (non-hydrogen) atoms. The number of nitrogens with one attached hydrogen (secondary N) is 1. The lowest BCUT2D eigenvalue weighted by Gasteiger charge is -2.29. The number of nitrogens with zero attached hydrogens (tertiary/aromatic N) is 1. The fourth-order valence-corrected chi connectivity index (χ4v) is 4.40. The summed E-state index contributed by atoms with van der Waals surface area (Å²) in [5.41, 5.74) is 2.62. The van der Waals surface area contributed by atoms with Gasteiger partial charge in [0.05, 0.1) is 25.1 Å². The van der Waals surface area contributed by atoms with Gasteiger partial charge in [-0.15, -0.1) is 0 Å². The maximum Gasteiger partial charge on any atom is 0.244 e. The lowest BCUT2D eigenvalue weighted by molar-refractivity contribution is -0.122. The number of amides is 1. The van der Waals surface area contributed by atoms with Gasteiger partial charge in [-0.05, 0) is 54.7 Å². The molecule has 0 aliphatic heterocycles. The first-order valence-corrected chi connectivity index (χ1v) is 11.7. The molecule has 0 radical (unpaired) electrons. The third-order valence-electron chi connectivity index (χ3n) is 5.05. The molecule has 1 N–H and O–H groups in total. The van der Waals surface area contributed by atoms with E-state index >= 15 is 0 Å². The van der Waals surface area contributed by atoms with Crippen molar-refractivity contribution in [1.29, 1.82) is 0 Å². The van der Waals surface area contributed by atoms with Crippen LogP contribution in [0.2, 0.25) is 0 Å². The Hall–Kier alpha value is -2.54. The number of sulfonamides is 1. The normalized spacial score (nSPS) is 14.0. The minimum Gasteiger partial charge on any atom is -0.497 e. The smallest absolute Gasteiger partial charge is 0.244 e. The summed E-state index contributed by atoms with van der Waals surface area (Å²) in [5, 5.41) is 2.93. The van der Waals surface area contributed by atoms with Crippen LogP contribution in [0.1, 0.15) is 51.8 Å². The summed E-state index contributed by atoms with van der Waals surface area (Å²) in [6.07, 6.45) is 1.09. The summed E-state index contributed by atoms with van der Waals surface area (Å²) in [5.74, 6) is 0.236. The second-order valence-corrected chi connectivity index (χ2v) is 10.4. The summed E-state index contributed by atoms with van der Waals surface area (Å²) in [4.78, 5) is 12.9. The number of carbonyl (C=O) groups is 1. The van der Waals surface area contributed by atoms with Gasteiger partial charge >= 0.3 is 0 Å². The zero-order valence-corrected chi connectivity index (χ0v) is 19.6. The van der Waals surface area contributed by atoms with E-state index in [2.05, 4.69) is 38.2 Å². The van der Waals surface area contributed by atoms with Crippen molar-refractivity contribution >= 4 is 21.6 Å². The molecule has 2 atom stereocenters. The molecule has 0 bridgehead atoms. The molecule has 0 spiro atoms. The second kappa shape index (κ2) is 9.08. The van der Waals surface area contributed by atoms with Gasteiger partial charge in [0, 0.05) is 0 Å². The van der Waals surface area contributed by atoms with Gasteiger partial charge in [-0.3, -0.25) is 9.10 Å². The van der Waals surface area contributed by atoms with E-state index in [1.807, 2.05) is 19.1 Å². The van der Waals surface area contributed by atoms with Gasteiger partial charge in [0.1, 0.15) is 11.8 Å². The maximum absolute atomic E-state index is 12.9. The van der Waals surface area contributed by atoms with E-state index in [0.29, 0.717) is 11.4 Å². The van der Waals surface area contributed by atoms with Crippen LogP contribution in [0.15, 0.2) is 48.5 Å². The van der Waals surface area contributed by atoms with Crippen molar-refractivity contribution in [2.24, 2.45) is 0 Å². The number of benzene rings is 2. The van der Waals surface area contributed by atoms with E-state index in [9.17, 15) is 13.2 Å². The summed E-state index contributed by atoms with van der Waals surface area (Å²) in [6, 6.07) is 13.5. The monoisotopic (exact) mass is 432 g/mol. The molecule has 0 saturated heterocycles. The van der Waals surface area contributed by atoms with Crippen LogP contribution >= 0.6 is 0 Å². The molecule has 2 rings (SSSR count). The molecule has 0 unspecified atom stereocenters. The maximum atomic E-state index is 12.9. The molecule has 0 aromatic heterocycles. The number of rotatable bonds is 7. The first-order valence-electron chi connectivity index (χ1n) is 9.89. The van der Waals surface area contributed by atoms with Gasteiger partial charge in [0.25, 0.3) is 0 Å². The van der Waals surface area contributed by atoms with Crippen molar-refractivity contribution < 1.29 is 17.9 Å². The van der Waals surface area contributed by atoms with Crippen LogP contribution in [0.25, 0.3) is 0 Å². The summed E-state index contributed by atoms with van der Waals surface area (Å²) in [7, 11) is -2.14. The van der Waals surface area contributed by atoms with Crippen molar-refractivity contribution in [1.82, 2.24) is 5.32 Å². The predicted molar refractivity (Wildman–Crippen MR) is 121 cm³/mol. The summed E-state index contributed by atoms with van der Waals surface area (Å²) in [6.45, 7) is 9.90. The first-order chi connectivity index (χ1) is 13.8. The Kier molecular flexibility index (Phi) is 7.18. The van der Waals surface area contributed by atoms with Crippen LogP contribution < -0.4 is 14.4 Å². The Morgan fingerprint density at radius 3 is 1.97 bits per heavy atom. The standard InChI is InChI=1S/C23H32N2O4S/c1-16(18-8-10-19(11-9-18)23(3,4)5)24-22(26)17(2)25(30(7,27)28)20-12-14-21(29-6)15-13-20/h8-17H,1-7H3,(H,24,26)/t16-,17+/m0/s1. The molecule has 0 aliphatic carbocycles. The van der Waals surface area contributed by atoms with Crippen LogP contribution in [0, 0.1) is 0 Å². The number of hydrogen-bond acceptors (Lipinski definition) is 4. The Labute approximate surface area is 180 Å². The van der Waals surface area contributed by atoms with E-state index in [4.69, 9.17) is 4.74 Å². The zero-order chi connectivity index (χ0) is 22.7. The van der Waals surface area contributed by atoms with E-state index in [-0.39, 0.29) is 17.4 Å². The van der Waals surface area contributed by atoms with E-state index in [1.54, 1.807) is 31.2 Å². The van der Waals surface area contributed by atoms with Gasteiger partial charge in [-0.1, -0.05) is 45.0 Å². The molecule has 0 fully saturated rings. The van der Waals surface area contributed by atoms with Gasteiger partial charge < -0.3 is 10.1 Å². The Morgan fingerprint density at radius 1 is 1.00 bits per heavy atom. The van der Waals surface area contributed by atoms with Crippen molar-refractivity contribution in [2.45, 2.75) is 52.1 Å². The molecule has 6 nitrogen and oxygen atoms in total. The molecule has 1 amide bonds. The second-order valence-electron chi connectivity index (χ2n) is 8.54. The molecular formula is C23H32N2O4S. The fourth-order valence-electron chi connectivity index (χ4n) is 3.23. The molecule has 164 valence electrons. The first kappa shape index (κ1) is 23.7. The van der Waals surface area contributed by atoms with Crippen molar-refractivity contribution in [3.63, 3.8) is 0 Å². The van der Waals surface area contributed by atoms with Gasteiger partial charge in [0.2, 0.25) is 15.9 Å². The third kappa shape index (κ3) is 5.75. The highest BCUT2D eigenvalue weighted by molar-refractivity contribution is 7.92. The fraction of sp³-hybridized carbons (Fsp3) is 0.435. The molecular weight excluding hydrogens is 400 g/mol. The lowest BCUT2D eigenvalue weighted by atomic mass is 9.86. The number of ether oxygens (including phenoxy) is 1. The van der Waals surface area contributed by atoms with Crippen LogP contribution in [0.4, 0.5) is 5.69 Å². The molecule has 2 aromatic rings. The van der Waals surface area contributed by atoms with Gasteiger partial charge in [0.15, 0.2) is 0 Å². The highest BCUT2D eigenvalue weighted by Crippen LogP contribution is 2.26. The largest absolute Gasteiger partial charge is 0.497 e. The molecule has 7 heteroatoms. The predicted octanol–water partition coefficient (Wildman–Crippen LogP) is 4.02. The lowest BCUT2D eigenvalue weighted by Crippen LogP contribution is -2.48. The topological polar surface area (TPSA) is 75.7 Å². The van der Waals surface area contributed by atoms with E-state index in [1.165, 1.54) is 12.7 Å². The number of carbonyl (C=O) groups excluding carboxylic acids is 1. The SMILES string of the molecule is COc1ccc(N([C@H](C)C(=O)N[C@@H](C)c2ccc(C(C)(C)C)cc2)S(C)(=O)=O)cc1. The highest BCUT2D eigenvalue weighted by Gasteiger charge is 2.30. The Bertz CT molecular complexity index is 962. The minimum atomic E-state index is -3.67. The molecule has 2 aromatic carbocycles. The zero-order valence-electron chi connectivity index (χ0n) is 18.8. The van der Waals surface area contributed by atoms with Crippen LogP contribution in [-0.4, -0.2) is 33.7 Å². The number of hydrogen-bond donors (Lipinski definition) is 1. The minimum absolute atomic E-state index is 0.0495. The van der Waals surface area contributed by atoms with E-state index in [0.717, 1.165) is 16.1 Å². The van der Waals surface area contributed by atoms with Crippen molar-refractivity contribution in [3.8, 4) is 5.75 Å². The van der Waals surface area contributed by atoms with E-state index < -0.39 is 16.1 Å². The van der Waals surface area contributed by atoms with Crippen molar-refractivity contribution in [2.75, 3.05) is 17.7 Å². The highest BCUT2D eigenvalue weighted by atomic mass is 32.2. The van der Waals surface area contributed by atoms with Crippen LogP contribution in [0.3, 0.4) is 0 Å².